The highest BCUT2D eigenvalue weighted by atomic mass is 16.3. The Kier molecular flexibility index (Phi) is 16.4. The van der Waals surface area contributed by atoms with E-state index in [0.717, 1.165) is 19.3 Å². The summed E-state index contributed by atoms with van der Waals surface area (Å²) in [5, 5.41) is 31.6. The summed E-state index contributed by atoms with van der Waals surface area (Å²) in [5.41, 5.74) is 0. The van der Waals surface area contributed by atoms with Gasteiger partial charge in [-0.15, -0.1) is 0 Å². The fourth-order valence-electron chi connectivity index (χ4n) is 3.13. The summed E-state index contributed by atoms with van der Waals surface area (Å²) >= 11 is 0. The first-order valence-electron chi connectivity index (χ1n) is 10.3. The van der Waals surface area contributed by atoms with E-state index in [-0.39, 0.29) is 12.5 Å². The van der Waals surface area contributed by atoms with Gasteiger partial charge < -0.3 is 20.6 Å². The number of unbranched alkanes of at least 4 members (excludes halogenated alkanes) is 11. The fraction of sp³-hybridized carbons (Fsp3) is 0.950. The Hall–Kier alpha value is -0.650. The quantitative estimate of drug-likeness (QED) is 0.300. The molecule has 0 aromatic carbocycles. The number of rotatable bonds is 17. The van der Waals surface area contributed by atoms with E-state index in [2.05, 4.69) is 12.2 Å². The minimum atomic E-state index is -1.12. The van der Waals surface area contributed by atoms with Crippen molar-refractivity contribution in [1.82, 2.24) is 5.32 Å². The maximum atomic E-state index is 11.0. The standard InChI is InChI=1S/C20H41NO4/c1-3-4-5-6-7-8-9-10-11-12-13-14-15-19(24)20(25)18(16-22)21-17(2)23/h18-20,22,24-25H,3-16H2,1-2H3,(H,21,23). The monoisotopic (exact) mass is 359 g/mol. The van der Waals surface area contributed by atoms with Gasteiger partial charge in [0.25, 0.3) is 0 Å². The van der Waals surface area contributed by atoms with Crippen molar-refractivity contribution < 1.29 is 20.1 Å². The zero-order chi connectivity index (χ0) is 18.9. The molecule has 0 saturated carbocycles. The Morgan fingerprint density at radius 2 is 1.28 bits per heavy atom. The molecule has 0 spiro atoms. The molecule has 0 saturated heterocycles. The molecule has 0 bridgehead atoms. The minimum absolute atomic E-state index is 0.323. The molecular weight excluding hydrogens is 318 g/mol. The summed E-state index contributed by atoms with van der Waals surface area (Å²) in [7, 11) is 0. The van der Waals surface area contributed by atoms with Crippen molar-refractivity contribution in [2.75, 3.05) is 6.61 Å². The number of aliphatic hydroxyl groups is 3. The zero-order valence-corrected chi connectivity index (χ0v) is 16.4. The highest BCUT2D eigenvalue weighted by molar-refractivity contribution is 5.73. The second-order valence-electron chi connectivity index (χ2n) is 7.23. The molecule has 150 valence electrons. The topological polar surface area (TPSA) is 89.8 Å². The molecular formula is C20H41NO4. The van der Waals surface area contributed by atoms with Crippen molar-refractivity contribution in [2.45, 2.75) is 116 Å². The molecule has 0 aliphatic rings. The number of hydrogen-bond donors (Lipinski definition) is 4. The van der Waals surface area contributed by atoms with E-state index in [9.17, 15) is 20.1 Å². The van der Waals surface area contributed by atoms with E-state index in [1.54, 1.807) is 0 Å². The van der Waals surface area contributed by atoms with Gasteiger partial charge in [-0.3, -0.25) is 4.79 Å². The van der Waals surface area contributed by atoms with Gasteiger partial charge in [0, 0.05) is 6.92 Å². The van der Waals surface area contributed by atoms with E-state index in [1.165, 1.54) is 64.7 Å². The molecule has 0 heterocycles. The summed E-state index contributed by atoms with van der Waals surface area (Å²) in [4.78, 5) is 11.0. The summed E-state index contributed by atoms with van der Waals surface area (Å²) in [6.45, 7) is 3.19. The zero-order valence-electron chi connectivity index (χ0n) is 16.4. The Bertz CT molecular complexity index is 312. The first-order chi connectivity index (χ1) is 12.0. The van der Waals surface area contributed by atoms with Gasteiger partial charge >= 0.3 is 0 Å². The number of nitrogens with one attached hydrogen (secondary N) is 1. The van der Waals surface area contributed by atoms with Crippen LogP contribution in [0.25, 0.3) is 0 Å². The highest BCUT2D eigenvalue weighted by Gasteiger charge is 2.25. The SMILES string of the molecule is CCCCCCCCCCCCCCC(O)C(O)C(CO)NC(C)=O. The van der Waals surface area contributed by atoms with Crippen LogP contribution in [0.15, 0.2) is 0 Å². The molecule has 0 aromatic heterocycles. The van der Waals surface area contributed by atoms with Gasteiger partial charge in [-0.1, -0.05) is 84.0 Å². The summed E-state index contributed by atoms with van der Waals surface area (Å²) < 4.78 is 0. The van der Waals surface area contributed by atoms with E-state index >= 15 is 0 Å². The van der Waals surface area contributed by atoms with Crippen LogP contribution in [-0.4, -0.2) is 46.1 Å². The normalized spacial score (nSPS) is 14.9. The van der Waals surface area contributed by atoms with Crippen LogP contribution in [0.5, 0.6) is 0 Å². The lowest BCUT2D eigenvalue weighted by Gasteiger charge is -2.25. The largest absolute Gasteiger partial charge is 0.394 e. The molecule has 3 atom stereocenters. The van der Waals surface area contributed by atoms with Crippen LogP contribution in [0.1, 0.15) is 97.3 Å². The molecule has 1 amide bonds. The van der Waals surface area contributed by atoms with E-state index < -0.39 is 18.2 Å². The maximum Gasteiger partial charge on any atom is 0.217 e. The van der Waals surface area contributed by atoms with Gasteiger partial charge in [0.1, 0.15) is 6.10 Å². The predicted molar refractivity (Wildman–Crippen MR) is 102 cm³/mol. The number of amides is 1. The average Bonchev–Trinajstić information content (AvgIpc) is 2.59. The highest BCUT2D eigenvalue weighted by Crippen LogP contribution is 2.14. The Balaban J connectivity index is 3.53. The lowest BCUT2D eigenvalue weighted by molar-refractivity contribution is -0.122. The molecule has 5 heteroatoms. The Morgan fingerprint density at radius 1 is 0.840 bits per heavy atom. The van der Waals surface area contributed by atoms with Crippen LogP contribution in [0, 0.1) is 0 Å². The van der Waals surface area contributed by atoms with Crippen molar-refractivity contribution in [3.05, 3.63) is 0 Å². The van der Waals surface area contributed by atoms with Gasteiger partial charge in [0.2, 0.25) is 5.91 Å². The Labute approximate surface area is 154 Å². The molecule has 0 fully saturated rings. The number of carbonyl (C=O) groups excluding carboxylic acids is 1. The first kappa shape index (κ1) is 24.4. The van der Waals surface area contributed by atoms with Crippen molar-refractivity contribution >= 4 is 5.91 Å². The number of carbonyl (C=O) groups is 1. The molecule has 0 aliphatic carbocycles. The minimum Gasteiger partial charge on any atom is -0.394 e. The van der Waals surface area contributed by atoms with Crippen LogP contribution >= 0.6 is 0 Å². The second kappa shape index (κ2) is 16.8. The smallest absolute Gasteiger partial charge is 0.217 e. The fourth-order valence-corrected chi connectivity index (χ4v) is 3.13. The van der Waals surface area contributed by atoms with Gasteiger partial charge in [-0.05, 0) is 6.42 Å². The van der Waals surface area contributed by atoms with Crippen molar-refractivity contribution in [2.24, 2.45) is 0 Å². The molecule has 0 aromatic rings. The lowest BCUT2D eigenvalue weighted by Crippen LogP contribution is -2.50. The molecule has 3 unspecified atom stereocenters. The van der Waals surface area contributed by atoms with Gasteiger partial charge in [0.05, 0.1) is 18.8 Å². The number of hydrogen-bond acceptors (Lipinski definition) is 4. The van der Waals surface area contributed by atoms with E-state index in [1.807, 2.05) is 0 Å². The summed E-state index contributed by atoms with van der Waals surface area (Å²) in [5.74, 6) is -0.323. The first-order valence-corrected chi connectivity index (χ1v) is 10.3. The van der Waals surface area contributed by atoms with E-state index in [4.69, 9.17) is 0 Å². The summed E-state index contributed by atoms with van der Waals surface area (Å²) in [6.07, 6.45) is 13.5. The molecule has 5 nitrogen and oxygen atoms in total. The molecule has 0 radical (unpaired) electrons. The molecule has 0 rings (SSSR count). The van der Waals surface area contributed by atoms with E-state index in [0.29, 0.717) is 6.42 Å². The molecule has 0 aliphatic heterocycles. The lowest BCUT2D eigenvalue weighted by atomic mass is 9.99. The maximum absolute atomic E-state index is 11.0. The molecule has 25 heavy (non-hydrogen) atoms. The predicted octanol–water partition coefficient (Wildman–Crippen LogP) is 3.30. The third-order valence-corrected chi connectivity index (χ3v) is 4.75. The van der Waals surface area contributed by atoms with Gasteiger partial charge in [-0.25, -0.2) is 0 Å². The average molecular weight is 360 g/mol. The Morgan fingerprint density at radius 3 is 1.68 bits per heavy atom. The summed E-state index contributed by atoms with van der Waals surface area (Å²) in [6, 6.07) is -0.801. The third kappa shape index (κ3) is 14.2. The third-order valence-electron chi connectivity index (χ3n) is 4.75. The van der Waals surface area contributed by atoms with Crippen LogP contribution in [0.2, 0.25) is 0 Å². The van der Waals surface area contributed by atoms with Crippen LogP contribution < -0.4 is 5.32 Å². The van der Waals surface area contributed by atoms with Gasteiger partial charge in [-0.2, -0.15) is 0 Å². The van der Waals surface area contributed by atoms with Crippen LogP contribution in [-0.2, 0) is 4.79 Å². The number of aliphatic hydroxyl groups excluding tert-OH is 3. The van der Waals surface area contributed by atoms with Crippen molar-refractivity contribution in [3.8, 4) is 0 Å². The van der Waals surface area contributed by atoms with Crippen molar-refractivity contribution in [3.63, 3.8) is 0 Å². The van der Waals surface area contributed by atoms with Crippen molar-refractivity contribution in [1.29, 1.82) is 0 Å². The molecule has 4 N–H and O–H groups in total. The van der Waals surface area contributed by atoms with Crippen LogP contribution in [0.3, 0.4) is 0 Å². The second-order valence-corrected chi connectivity index (χ2v) is 7.23. The van der Waals surface area contributed by atoms with Gasteiger partial charge in [0.15, 0.2) is 0 Å². The van der Waals surface area contributed by atoms with Crippen LogP contribution in [0.4, 0.5) is 0 Å².